The smallest absolute Gasteiger partial charge is 0.322 e. The molecule has 0 saturated carbocycles. The maximum absolute atomic E-state index is 12.9. The number of pyridine rings is 1. The number of amides is 2. The van der Waals surface area contributed by atoms with Gasteiger partial charge in [0, 0.05) is 37.9 Å². The fourth-order valence-electron chi connectivity index (χ4n) is 3.27. The quantitative estimate of drug-likeness (QED) is 0.763. The highest BCUT2D eigenvalue weighted by molar-refractivity contribution is 5.89. The summed E-state index contributed by atoms with van der Waals surface area (Å²) in [5.74, 6) is 0.942. The number of carbonyl (C=O) groups is 1. The molecule has 1 fully saturated rings. The van der Waals surface area contributed by atoms with E-state index in [1.807, 2.05) is 13.2 Å². The molecule has 4 rings (SSSR count). The Labute approximate surface area is 156 Å². The van der Waals surface area contributed by atoms with Crippen molar-refractivity contribution in [3.63, 3.8) is 0 Å². The van der Waals surface area contributed by atoms with Crippen molar-refractivity contribution in [3.05, 3.63) is 42.7 Å². The molecular weight excluding hydrogens is 346 g/mol. The lowest BCUT2D eigenvalue weighted by atomic mass is 10.1. The predicted octanol–water partition coefficient (Wildman–Crippen LogP) is 3.01. The summed E-state index contributed by atoms with van der Waals surface area (Å²) in [5.41, 5.74) is 1.47. The van der Waals surface area contributed by atoms with E-state index in [0.29, 0.717) is 23.9 Å². The second-order valence-corrected chi connectivity index (χ2v) is 6.58. The van der Waals surface area contributed by atoms with Crippen LogP contribution in [-0.2, 0) is 7.05 Å². The molecule has 9 heteroatoms. The van der Waals surface area contributed by atoms with Crippen molar-refractivity contribution in [3.8, 4) is 11.5 Å². The van der Waals surface area contributed by atoms with Crippen LogP contribution in [0.3, 0.4) is 0 Å². The number of anilines is 1. The zero-order valence-electron chi connectivity index (χ0n) is 15.1. The number of hydrogen-bond donors (Lipinski definition) is 1. The lowest BCUT2D eigenvalue weighted by molar-refractivity contribution is 0.185. The van der Waals surface area contributed by atoms with Gasteiger partial charge < -0.3 is 14.7 Å². The minimum atomic E-state index is -0.219. The van der Waals surface area contributed by atoms with Gasteiger partial charge in [-0.25, -0.2) is 4.79 Å². The highest BCUT2D eigenvalue weighted by Crippen LogP contribution is 2.30. The normalized spacial score (nSPS) is 17.5. The Morgan fingerprint density at radius 1 is 1.26 bits per heavy atom. The van der Waals surface area contributed by atoms with E-state index in [0.717, 1.165) is 31.2 Å². The van der Waals surface area contributed by atoms with E-state index in [1.54, 1.807) is 40.3 Å². The topological polar surface area (TPSA) is 102 Å². The molecule has 0 bridgehead atoms. The van der Waals surface area contributed by atoms with Crippen molar-refractivity contribution in [2.45, 2.75) is 31.7 Å². The fraction of sp³-hybridized carbons (Fsp3) is 0.389. The summed E-state index contributed by atoms with van der Waals surface area (Å²) in [5, 5.41) is 11.2. The molecule has 1 saturated heterocycles. The van der Waals surface area contributed by atoms with Gasteiger partial charge in [0.15, 0.2) is 5.82 Å². The van der Waals surface area contributed by atoms with Gasteiger partial charge in [-0.05, 0) is 25.0 Å². The Hall–Kier alpha value is -3.23. The highest BCUT2D eigenvalue weighted by atomic mass is 16.5. The third kappa shape index (κ3) is 3.81. The zero-order valence-corrected chi connectivity index (χ0v) is 15.1. The van der Waals surface area contributed by atoms with Crippen molar-refractivity contribution >= 4 is 11.7 Å². The molecule has 1 aliphatic heterocycles. The van der Waals surface area contributed by atoms with Crippen LogP contribution >= 0.6 is 0 Å². The first kappa shape index (κ1) is 17.2. The molecular formula is C18H21N7O2. The summed E-state index contributed by atoms with van der Waals surface area (Å²) >= 11 is 0. The van der Waals surface area contributed by atoms with Crippen LogP contribution in [0.1, 0.15) is 37.5 Å². The van der Waals surface area contributed by atoms with Crippen LogP contribution in [0.2, 0.25) is 0 Å². The molecule has 2 amide bonds. The van der Waals surface area contributed by atoms with Crippen LogP contribution in [0.4, 0.5) is 10.5 Å². The van der Waals surface area contributed by atoms with Gasteiger partial charge in [-0.3, -0.25) is 9.67 Å². The first-order chi connectivity index (χ1) is 13.2. The van der Waals surface area contributed by atoms with Crippen LogP contribution in [0, 0.1) is 0 Å². The zero-order chi connectivity index (χ0) is 18.6. The molecule has 1 aliphatic rings. The van der Waals surface area contributed by atoms with E-state index >= 15 is 0 Å². The Kier molecular flexibility index (Phi) is 4.82. The second kappa shape index (κ2) is 7.56. The van der Waals surface area contributed by atoms with E-state index in [4.69, 9.17) is 4.52 Å². The van der Waals surface area contributed by atoms with Gasteiger partial charge in [0.05, 0.1) is 17.8 Å². The minimum Gasteiger partial charge on any atom is -0.334 e. The third-order valence-electron chi connectivity index (χ3n) is 4.64. The van der Waals surface area contributed by atoms with Crippen molar-refractivity contribution < 1.29 is 9.32 Å². The fourth-order valence-corrected chi connectivity index (χ4v) is 3.27. The van der Waals surface area contributed by atoms with Crippen molar-refractivity contribution in [1.82, 2.24) is 29.8 Å². The summed E-state index contributed by atoms with van der Waals surface area (Å²) in [7, 11) is 1.83. The van der Waals surface area contributed by atoms with Crippen LogP contribution in [0.15, 0.2) is 41.4 Å². The Morgan fingerprint density at radius 2 is 2.11 bits per heavy atom. The average molecular weight is 367 g/mol. The van der Waals surface area contributed by atoms with E-state index in [9.17, 15) is 4.79 Å². The SMILES string of the molecule is Cn1cc(-c2nc([C@H]3CCCCCN3C(=O)Nc3ccncc3)no2)cn1. The van der Waals surface area contributed by atoms with Gasteiger partial charge >= 0.3 is 6.03 Å². The maximum Gasteiger partial charge on any atom is 0.322 e. The standard InChI is InChI=1S/C18H21N7O2/c1-24-12-13(11-20-24)17-22-16(23-27-17)15-5-3-2-4-10-25(15)18(26)21-14-6-8-19-9-7-14/h6-9,11-12,15H,2-5,10H2,1H3,(H,19,21,26)/t15-/m1/s1. The molecule has 0 aromatic carbocycles. The molecule has 3 aromatic rings. The van der Waals surface area contributed by atoms with Gasteiger partial charge in [-0.2, -0.15) is 10.1 Å². The Bertz CT molecular complexity index is 905. The molecule has 1 atom stereocenters. The molecule has 0 spiro atoms. The van der Waals surface area contributed by atoms with Gasteiger partial charge in [-0.1, -0.05) is 18.0 Å². The number of rotatable bonds is 3. The number of likely N-dealkylation sites (tertiary alicyclic amines) is 1. The van der Waals surface area contributed by atoms with E-state index in [-0.39, 0.29) is 12.1 Å². The lowest BCUT2D eigenvalue weighted by Crippen LogP contribution is -2.38. The van der Waals surface area contributed by atoms with Crippen LogP contribution < -0.4 is 5.32 Å². The lowest BCUT2D eigenvalue weighted by Gasteiger charge is -2.27. The van der Waals surface area contributed by atoms with E-state index < -0.39 is 0 Å². The number of hydrogen-bond acceptors (Lipinski definition) is 6. The second-order valence-electron chi connectivity index (χ2n) is 6.58. The van der Waals surface area contributed by atoms with Gasteiger partial charge in [0.2, 0.25) is 0 Å². The summed E-state index contributed by atoms with van der Waals surface area (Å²) in [4.78, 5) is 23.2. The molecule has 3 aromatic heterocycles. The molecule has 140 valence electrons. The highest BCUT2D eigenvalue weighted by Gasteiger charge is 2.30. The first-order valence-electron chi connectivity index (χ1n) is 9.01. The number of carbonyl (C=O) groups excluding carboxylic acids is 1. The average Bonchev–Trinajstić information content (AvgIpc) is 3.25. The van der Waals surface area contributed by atoms with E-state index in [2.05, 4.69) is 25.5 Å². The number of aryl methyl sites for hydroxylation is 1. The monoisotopic (exact) mass is 367 g/mol. The Morgan fingerprint density at radius 3 is 2.89 bits per heavy atom. The molecule has 27 heavy (non-hydrogen) atoms. The van der Waals surface area contributed by atoms with Gasteiger partial charge in [0.25, 0.3) is 5.89 Å². The molecule has 4 heterocycles. The molecule has 1 N–H and O–H groups in total. The largest absolute Gasteiger partial charge is 0.334 e. The maximum atomic E-state index is 12.9. The number of aromatic nitrogens is 5. The summed E-state index contributed by atoms with van der Waals surface area (Å²) in [6.45, 7) is 0.651. The molecule has 9 nitrogen and oxygen atoms in total. The Balaban J connectivity index is 1.57. The van der Waals surface area contributed by atoms with Gasteiger partial charge in [-0.15, -0.1) is 0 Å². The molecule has 0 aliphatic carbocycles. The number of nitrogens with one attached hydrogen (secondary N) is 1. The summed E-state index contributed by atoms with van der Waals surface area (Å²) in [6, 6.07) is 3.14. The summed E-state index contributed by atoms with van der Waals surface area (Å²) < 4.78 is 7.10. The predicted molar refractivity (Wildman–Crippen MR) is 97.7 cm³/mol. The third-order valence-corrected chi connectivity index (χ3v) is 4.64. The van der Waals surface area contributed by atoms with Crippen molar-refractivity contribution in [2.75, 3.05) is 11.9 Å². The number of nitrogens with zero attached hydrogens (tertiary/aromatic N) is 6. The van der Waals surface area contributed by atoms with Crippen molar-refractivity contribution in [2.24, 2.45) is 7.05 Å². The van der Waals surface area contributed by atoms with Gasteiger partial charge in [0.1, 0.15) is 0 Å². The minimum absolute atomic E-state index is 0.166. The van der Waals surface area contributed by atoms with Crippen LogP contribution in [0.5, 0.6) is 0 Å². The summed E-state index contributed by atoms with van der Waals surface area (Å²) in [6.07, 6.45) is 10.6. The van der Waals surface area contributed by atoms with E-state index in [1.165, 1.54) is 0 Å². The molecule has 0 unspecified atom stereocenters. The van der Waals surface area contributed by atoms with Crippen LogP contribution in [-0.4, -0.2) is 42.4 Å². The first-order valence-corrected chi connectivity index (χ1v) is 9.01. The molecule has 0 radical (unpaired) electrons. The van der Waals surface area contributed by atoms with Crippen molar-refractivity contribution in [1.29, 1.82) is 0 Å². The van der Waals surface area contributed by atoms with Crippen LogP contribution in [0.25, 0.3) is 11.5 Å². The number of urea groups is 1.